The Kier molecular flexibility index (Phi) is 5.92. The summed E-state index contributed by atoms with van der Waals surface area (Å²) in [5.74, 6) is 0.691. The van der Waals surface area contributed by atoms with E-state index in [2.05, 4.69) is 26.6 Å². The summed E-state index contributed by atoms with van der Waals surface area (Å²) in [6.07, 6.45) is 0. The largest absolute Gasteiger partial charge is 0.355 e. The van der Waals surface area contributed by atoms with Crippen molar-refractivity contribution < 1.29 is 4.79 Å². The summed E-state index contributed by atoms with van der Waals surface area (Å²) in [6.45, 7) is 4.80. The number of carbonyl (C=O) groups excluding carboxylic acids is 1. The molecule has 1 amide bonds. The van der Waals surface area contributed by atoms with Crippen LogP contribution in [0.4, 0.5) is 0 Å². The van der Waals surface area contributed by atoms with Gasteiger partial charge in [-0.15, -0.1) is 23.7 Å². The van der Waals surface area contributed by atoms with Gasteiger partial charge in [-0.05, 0) is 35.0 Å². The van der Waals surface area contributed by atoms with Crippen molar-refractivity contribution in [3.8, 4) is 0 Å². The van der Waals surface area contributed by atoms with Crippen LogP contribution in [0.1, 0.15) is 17.7 Å². The molecule has 1 unspecified atom stereocenters. The van der Waals surface area contributed by atoms with Gasteiger partial charge in [-0.1, -0.05) is 0 Å². The van der Waals surface area contributed by atoms with E-state index in [0.29, 0.717) is 5.92 Å². The van der Waals surface area contributed by atoms with E-state index in [1.807, 2.05) is 19.1 Å². The normalized spacial score (nSPS) is 16.8. The smallest absolute Gasteiger partial charge is 0.228 e. The molecule has 2 heterocycles. The highest BCUT2D eigenvalue weighted by Gasteiger charge is 2.20. The maximum absolute atomic E-state index is 11.9. The second-order valence-electron chi connectivity index (χ2n) is 4.13. The van der Waals surface area contributed by atoms with Crippen molar-refractivity contribution in [3.05, 3.63) is 20.8 Å². The van der Waals surface area contributed by atoms with E-state index in [1.54, 1.807) is 11.3 Å². The van der Waals surface area contributed by atoms with E-state index < -0.39 is 0 Å². The van der Waals surface area contributed by atoms with Gasteiger partial charge in [-0.3, -0.25) is 4.79 Å². The third-order valence-corrected chi connectivity index (χ3v) is 4.65. The standard InChI is InChI=1S/C11H15BrN2OS.ClH/c1-7(9-2-3-10(12)16-9)11(15)14-6-8-4-13-5-8;/h2-3,7-8,13H,4-6H2,1H3,(H,14,15);1H. The van der Waals surface area contributed by atoms with Gasteiger partial charge < -0.3 is 10.6 Å². The highest BCUT2D eigenvalue weighted by molar-refractivity contribution is 9.11. The molecule has 1 atom stereocenters. The van der Waals surface area contributed by atoms with E-state index in [9.17, 15) is 4.79 Å². The first kappa shape index (κ1) is 15.0. The van der Waals surface area contributed by atoms with Crippen molar-refractivity contribution in [2.75, 3.05) is 19.6 Å². The summed E-state index contributed by atoms with van der Waals surface area (Å²) in [4.78, 5) is 13.0. The first-order valence-corrected chi connectivity index (χ1v) is 7.01. The van der Waals surface area contributed by atoms with Crippen LogP contribution in [0.15, 0.2) is 15.9 Å². The molecule has 0 spiro atoms. The molecule has 1 aromatic rings. The highest BCUT2D eigenvalue weighted by Crippen LogP contribution is 2.28. The Labute approximate surface area is 120 Å². The van der Waals surface area contributed by atoms with Gasteiger partial charge in [-0.25, -0.2) is 0 Å². The number of hydrogen-bond donors (Lipinski definition) is 2. The minimum atomic E-state index is -0.0515. The molecule has 0 saturated carbocycles. The van der Waals surface area contributed by atoms with Gasteiger partial charge in [0.15, 0.2) is 0 Å². The third-order valence-electron chi connectivity index (χ3n) is 2.85. The number of halogens is 2. The van der Waals surface area contributed by atoms with Crippen LogP contribution in [-0.4, -0.2) is 25.5 Å². The fraction of sp³-hybridized carbons (Fsp3) is 0.545. The zero-order valence-electron chi connectivity index (χ0n) is 9.53. The fourth-order valence-corrected chi connectivity index (χ4v) is 3.06. The van der Waals surface area contributed by atoms with Crippen LogP contribution in [-0.2, 0) is 4.79 Å². The van der Waals surface area contributed by atoms with E-state index in [1.165, 1.54) is 0 Å². The van der Waals surface area contributed by atoms with Gasteiger partial charge in [0.1, 0.15) is 0 Å². The zero-order valence-corrected chi connectivity index (χ0v) is 12.8. The maximum atomic E-state index is 11.9. The minimum Gasteiger partial charge on any atom is -0.355 e. The lowest BCUT2D eigenvalue weighted by Gasteiger charge is -2.27. The van der Waals surface area contributed by atoms with Crippen molar-refractivity contribution in [3.63, 3.8) is 0 Å². The average Bonchev–Trinajstić information content (AvgIpc) is 2.61. The Morgan fingerprint density at radius 3 is 2.82 bits per heavy atom. The fourth-order valence-electron chi connectivity index (χ4n) is 1.58. The molecule has 2 N–H and O–H groups in total. The summed E-state index contributed by atoms with van der Waals surface area (Å²) in [6, 6.07) is 3.99. The topological polar surface area (TPSA) is 41.1 Å². The van der Waals surface area contributed by atoms with Gasteiger partial charge >= 0.3 is 0 Å². The van der Waals surface area contributed by atoms with Crippen molar-refractivity contribution >= 4 is 45.6 Å². The summed E-state index contributed by atoms with van der Waals surface area (Å²) in [5.41, 5.74) is 0. The van der Waals surface area contributed by atoms with Crippen molar-refractivity contribution in [1.29, 1.82) is 0 Å². The molecule has 0 aliphatic carbocycles. The molecular weight excluding hydrogens is 324 g/mol. The second-order valence-corrected chi connectivity index (χ2v) is 6.63. The quantitative estimate of drug-likeness (QED) is 0.884. The first-order chi connectivity index (χ1) is 7.66. The predicted octanol–water partition coefficient (Wildman–Crippen LogP) is 2.37. The van der Waals surface area contributed by atoms with E-state index in [0.717, 1.165) is 28.3 Å². The van der Waals surface area contributed by atoms with Gasteiger partial charge in [0.25, 0.3) is 0 Å². The van der Waals surface area contributed by atoms with Crippen LogP contribution in [0.25, 0.3) is 0 Å². The molecule has 2 rings (SSSR count). The van der Waals surface area contributed by atoms with Crippen LogP contribution < -0.4 is 10.6 Å². The molecule has 6 heteroatoms. The van der Waals surface area contributed by atoms with Gasteiger partial charge in [0, 0.05) is 30.4 Å². The first-order valence-electron chi connectivity index (χ1n) is 5.40. The molecule has 3 nitrogen and oxygen atoms in total. The SMILES string of the molecule is CC(C(=O)NCC1CNC1)c1ccc(Br)s1.Cl. The number of amides is 1. The molecule has 0 bridgehead atoms. The minimum absolute atomic E-state index is 0. The van der Waals surface area contributed by atoms with Gasteiger partial charge in [-0.2, -0.15) is 0 Å². The second kappa shape index (κ2) is 6.73. The van der Waals surface area contributed by atoms with Crippen molar-refractivity contribution in [2.45, 2.75) is 12.8 Å². The van der Waals surface area contributed by atoms with Crippen LogP contribution in [0.3, 0.4) is 0 Å². The molecular formula is C11H16BrClN2OS. The van der Waals surface area contributed by atoms with Crippen LogP contribution in [0.2, 0.25) is 0 Å². The lowest BCUT2D eigenvalue weighted by atomic mass is 10.0. The van der Waals surface area contributed by atoms with E-state index in [-0.39, 0.29) is 24.2 Å². The molecule has 96 valence electrons. The van der Waals surface area contributed by atoms with Crippen LogP contribution in [0.5, 0.6) is 0 Å². The summed E-state index contributed by atoms with van der Waals surface area (Å²) >= 11 is 5.03. The van der Waals surface area contributed by atoms with Crippen LogP contribution in [0, 0.1) is 5.92 Å². The van der Waals surface area contributed by atoms with Crippen molar-refractivity contribution in [1.82, 2.24) is 10.6 Å². The summed E-state index contributed by atoms with van der Waals surface area (Å²) in [7, 11) is 0. The average molecular weight is 340 g/mol. The van der Waals surface area contributed by atoms with Gasteiger partial charge in [0.2, 0.25) is 5.91 Å². The van der Waals surface area contributed by atoms with E-state index in [4.69, 9.17) is 0 Å². The maximum Gasteiger partial charge on any atom is 0.228 e. The highest BCUT2D eigenvalue weighted by atomic mass is 79.9. The lowest BCUT2D eigenvalue weighted by molar-refractivity contribution is -0.122. The van der Waals surface area contributed by atoms with Crippen LogP contribution >= 0.6 is 39.7 Å². The summed E-state index contributed by atoms with van der Waals surface area (Å²) in [5, 5.41) is 6.20. The van der Waals surface area contributed by atoms with Crippen molar-refractivity contribution in [2.24, 2.45) is 5.92 Å². The molecule has 0 radical (unpaired) electrons. The number of rotatable bonds is 4. The third kappa shape index (κ3) is 3.95. The Morgan fingerprint density at radius 2 is 2.35 bits per heavy atom. The Hall–Kier alpha value is -0.100. The Bertz CT molecular complexity index is 381. The molecule has 1 saturated heterocycles. The number of nitrogens with one attached hydrogen (secondary N) is 2. The number of carbonyl (C=O) groups is 1. The van der Waals surface area contributed by atoms with E-state index >= 15 is 0 Å². The summed E-state index contributed by atoms with van der Waals surface area (Å²) < 4.78 is 1.07. The molecule has 1 aliphatic rings. The lowest BCUT2D eigenvalue weighted by Crippen LogP contribution is -2.48. The molecule has 17 heavy (non-hydrogen) atoms. The Balaban J connectivity index is 0.00000144. The zero-order chi connectivity index (χ0) is 11.5. The predicted molar refractivity (Wildman–Crippen MR) is 77.1 cm³/mol. The number of thiophene rings is 1. The molecule has 1 aliphatic heterocycles. The molecule has 0 aromatic carbocycles. The van der Waals surface area contributed by atoms with Gasteiger partial charge in [0.05, 0.1) is 9.70 Å². The monoisotopic (exact) mass is 338 g/mol. The Morgan fingerprint density at radius 1 is 1.65 bits per heavy atom. The molecule has 1 aromatic heterocycles. The molecule has 1 fully saturated rings. The number of hydrogen-bond acceptors (Lipinski definition) is 3.